The van der Waals surface area contributed by atoms with Crippen molar-refractivity contribution in [3.8, 4) is 0 Å². The van der Waals surface area contributed by atoms with Gasteiger partial charge in [0.05, 0.1) is 10.7 Å². The molecule has 25 heavy (non-hydrogen) atoms. The Morgan fingerprint density at radius 3 is 2.28 bits per heavy atom. The molecule has 5 nitrogen and oxygen atoms in total. The lowest BCUT2D eigenvalue weighted by Gasteiger charge is -2.46. The first-order valence-electron chi connectivity index (χ1n) is 8.09. The summed E-state index contributed by atoms with van der Waals surface area (Å²) in [5.74, 6) is -0.380. The van der Waals surface area contributed by atoms with Gasteiger partial charge in [-0.25, -0.2) is 0 Å². The van der Waals surface area contributed by atoms with E-state index in [-0.39, 0.29) is 35.3 Å². The van der Waals surface area contributed by atoms with Crippen LogP contribution in [-0.4, -0.2) is 32.8 Å². The molecule has 2 N–H and O–H groups in total. The van der Waals surface area contributed by atoms with Crippen molar-refractivity contribution in [2.75, 3.05) is 0 Å². The molecule has 0 saturated carbocycles. The summed E-state index contributed by atoms with van der Waals surface area (Å²) < 4.78 is 39.6. The van der Waals surface area contributed by atoms with E-state index in [1.165, 1.54) is 6.92 Å². The van der Waals surface area contributed by atoms with E-state index in [0.717, 1.165) is 17.5 Å². The number of amides is 1. The highest BCUT2D eigenvalue weighted by Gasteiger charge is 2.39. The van der Waals surface area contributed by atoms with Crippen molar-refractivity contribution in [3.63, 3.8) is 0 Å². The number of carbonyl (C=O) groups excluding carboxylic acids is 1. The number of piperidine rings is 1. The second-order valence-corrected chi connectivity index (χ2v) is 8.35. The summed E-state index contributed by atoms with van der Waals surface area (Å²) in [5, 5.41) is 9.41. The molecule has 9 heteroatoms. The van der Waals surface area contributed by atoms with E-state index >= 15 is 0 Å². The number of aromatic nitrogens is 2. The van der Waals surface area contributed by atoms with Crippen molar-refractivity contribution in [3.05, 3.63) is 16.4 Å². The first-order valence-corrected chi connectivity index (χ1v) is 8.47. The Morgan fingerprint density at radius 2 is 1.84 bits per heavy atom. The van der Waals surface area contributed by atoms with Crippen LogP contribution in [0.2, 0.25) is 5.02 Å². The van der Waals surface area contributed by atoms with Crippen LogP contribution in [-0.2, 0) is 17.5 Å². The molecule has 1 aromatic heterocycles. The van der Waals surface area contributed by atoms with Gasteiger partial charge in [-0.15, -0.1) is 0 Å². The number of carbonyl (C=O) groups is 1. The SMILES string of the molecule is Cc1c(Cl)c(C(F)(F)F)nn1CC(=O)NC1CC(C)(C)NC(C)(C)C1. The van der Waals surface area contributed by atoms with Gasteiger partial charge in [-0.05, 0) is 47.5 Å². The first-order chi connectivity index (χ1) is 11.2. The van der Waals surface area contributed by atoms with Gasteiger partial charge >= 0.3 is 6.18 Å². The normalized spacial score (nSPS) is 20.5. The van der Waals surface area contributed by atoms with Gasteiger partial charge in [0.15, 0.2) is 5.69 Å². The zero-order valence-corrected chi connectivity index (χ0v) is 15.8. The van der Waals surface area contributed by atoms with E-state index in [9.17, 15) is 18.0 Å². The fraction of sp³-hybridized carbons (Fsp3) is 0.750. The fourth-order valence-electron chi connectivity index (χ4n) is 3.69. The predicted molar refractivity (Wildman–Crippen MR) is 89.4 cm³/mol. The molecule has 0 radical (unpaired) electrons. The molecule has 2 heterocycles. The van der Waals surface area contributed by atoms with Gasteiger partial charge in [0, 0.05) is 17.1 Å². The third-order valence-electron chi connectivity index (χ3n) is 4.25. The highest BCUT2D eigenvalue weighted by atomic mass is 35.5. The zero-order valence-electron chi connectivity index (χ0n) is 15.0. The maximum Gasteiger partial charge on any atom is 0.436 e. The molecule has 1 saturated heterocycles. The highest BCUT2D eigenvalue weighted by molar-refractivity contribution is 6.32. The van der Waals surface area contributed by atoms with E-state index in [4.69, 9.17) is 11.6 Å². The van der Waals surface area contributed by atoms with Gasteiger partial charge < -0.3 is 10.6 Å². The number of nitrogens with zero attached hydrogens (tertiary/aromatic N) is 2. The van der Waals surface area contributed by atoms with Crippen molar-refractivity contribution in [2.24, 2.45) is 0 Å². The van der Waals surface area contributed by atoms with Crippen LogP contribution in [0.15, 0.2) is 0 Å². The molecule has 0 spiro atoms. The molecule has 0 atom stereocenters. The summed E-state index contributed by atoms with van der Waals surface area (Å²) in [4.78, 5) is 12.3. The van der Waals surface area contributed by atoms with Gasteiger partial charge in [0.2, 0.25) is 5.91 Å². The zero-order chi connectivity index (χ0) is 19.2. The maximum absolute atomic E-state index is 12.9. The van der Waals surface area contributed by atoms with E-state index in [2.05, 4.69) is 43.4 Å². The Labute approximate surface area is 150 Å². The van der Waals surface area contributed by atoms with Crippen LogP contribution in [0.4, 0.5) is 13.2 Å². The summed E-state index contributed by atoms with van der Waals surface area (Å²) in [6.45, 7) is 9.33. The van der Waals surface area contributed by atoms with Crippen molar-refractivity contribution in [1.82, 2.24) is 20.4 Å². The third kappa shape index (κ3) is 4.88. The minimum Gasteiger partial charge on any atom is -0.352 e. The lowest BCUT2D eigenvalue weighted by Crippen LogP contribution is -2.62. The minimum atomic E-state index is -4.65. The lowest BCUT2D eigenvalue weighted by atomic mass is 9.79. The van der Waals surface area contributed by atoms with Gasteiger partial charge in [0.25, 0.3) is 0 Å². The quantitative estimate of drug-likeness (QED) is 0.846. The number of halogens is 4. The molecule has 0 aromatic carbocycles. The molecule has 1 aromatic rings. The summed E-state index contributed by atoms with van der Waals surface area (Å²) >= 11 is 5.71. The van der Waals surface area contributed by atoms with Crippen LogP contribution < -0.4 is 10.6 Å². The molecule has 0 bridgehead atoms. The molecule has 142 valence electrons. The second kappa shape index (κ2) is 6.46. The van der Waals surface area contributed by atoms with Crippen LogP contribution in [0, 0.1) is 6.92 Å². The Bertz CT molecular complexity index is 651. The molecule has 0 aliphatic carbocycles. The number of nitrogens with one attached hydrogen (secondary N) is 2. The van der Waals surface area contributed by atoms with E-state index in [0.29, 0.717) is 0 Å². The van der Waals surface area contributed by atoms with Crippen LogP contribution in [0.3, 0.4) is 0 Å². The standard InChI is InChI=1S/C16H24ClF3N4O/c1-9-12(17)13(16(18,19)20)22-24(9)8-11(25)21-10-6-14(2,3)23-15(4,5)7-10/h10,23H,6-8H2,1-5H3,(H,21,25). The third-order valence-corrected chi connectivity index (χ3v) is 4.70. The smallest absolute Gasteiger partial charge is 0.352 e. The van der Waals surface area contributed by atoms with Crippen molar-refractivity contribution in [1.29, 1.82) is 0 Å². The van der Waals surface area contributed by atoms with Crippen LogP contribution in [0.5, 0.6) is 0 Å². The van der Waals surface area contributed by atoms with E-state index in [1.807, 2.05) is 0 Å². The molecular weight excluding hydrogens is 357 g/mol. The van der Waals surface area contributed by atoms with Gasteiger partial charge in [-0.1, -0.05) is 11.6 Å². The molecule has 2 rings (SSSR count). The fourth-order valence-corrected chi connectivity index (χ4v) is 3.94. The molecule has 0 unspecified atom stereocenters. The predicted octanol–water partition coefficient (Wildman–Crippen LogP) is 3.29. The Morgan fingerprint density at radius 1 is 1.32 bits per heavy atom. The number of rotatable bonds is 3. The van der Waals surface area contributed by atoms with Crippen molar-refractivity contribution in [2.45, 2.75) is 77.3 Å². The second-order valence-electron chi connectivity index (χ2n) is 7.97. The van der Waals surface area contributed by atoms with Crippen LogP contribution >= 0.6 is 11.6 Å². The van der Waals surface area contributed by atoms with Gasteiger partial charge in [0.1, 0.15) is 6.54 Å². The molecule has 1 amide bonds. The van der Waals surface area contributed by atoms with Crippen molar-refractivity contribution < 1.29 is 18.0 Å². The number of hydrogen-bond acceptors (Lipinski definition) is 3. The average Bonchev–Trinajstić information content (AvgIpc) is 2.62. The molecular formula is C16H24ClF3N4O. The molecule has 1 fully saturated rings. The van der Waals surface area contributed by atoms with Crippen LogP contribution in [0.25, 0.3) is 0 Å². The lowest BCUT2D eigenvalue weighted by molar-refractivity contribution is -0.141. The van der Waals surface area contributed by atoms with E-state index in [1.54, 1.807) is 0 Å². The Kier molecular flexibility index (Phi) is 5.18. The van der Waals surface area contributed by atoms with Gasteiger partial charge in [-0.2, -0.15) is 18.3 Å². The topological polar surface area (TPSA) is 59.0 Å². The van der Waals surface area contributed by atoms with Crippen molar-refractivity contribution >= 4 is 17.5 Å². The Hall–Kier alpha value is -1.28. The first kappa shape index (κ1) is 20.0. The highest BCUT2D eigenvalue weighted by Crippen LogP contribution is 2.35. The Balaban J connectivity index is 2.08. The maximum atomic E-state index is 12.9. The average molecular weight is 381 g/mol. The summed E-state index contributed by atoms with van der Waals surface area (Å²) in [5.41, 5.74) is -1.33. The minimum absolute atomic E-state index is 0.0628. The largest absolute Gasteiger partial charge is 0.436 e. The summed E-state index contributed by atoms with van der Waals surface area (Å²) in [6, 6.07) is -0.0628. The number of alkyl halides is 3. The number of hydrogen-bond donors (Lipinski definition) is 2. The van der Waals surface area contributed by atoms with E-state index < -0.39 is 16.9 Å². The van der Waals surface area contributed by atoms with Gasteiger partial charge in [-0.3, -0.25) is 9.48 Å². The molecule has 1 aliphatic rings. The van der Waals surface area contributed by atoms with Crippen LogP contribution in [0.1, 0.15) is 51.9 Å². The summed E-state index contributed by atoms with van der Waals surface area (Å²) in [7, 11) is 0. The summed E-state index contributed by atoms with van der Waals surface area (Å²) in [6.07, 6.45) is -3.18. The molecule has 1 aliphatic heterocycles. The monoisotopic (exact) mass is 380 g/mol.